The van der Waals surface area contributed by atoms with Gasteiger partial charge in [-0.15, -0.1) is 0 Å². The fourth-order valence-corrected chi connectivity index (χ4v) is 1.88. The molecule has 1 N–H and O–H groups in total. The maximum Gasteiger partial charge on any atom is 0.269 e. The van der Waals surface area contributed by atoms with E-state index in [4.69, 9.17) is 0 Å². The third-order valence-corrected chi connectivity index (χ3v) is 2.57. The van der Waals surface area contributed by atoms with Crippen molar-refractivity contribution in [2.45, 2.75) is 12.7 Å². The molecule has 0 unspecified atom stereocenters. The number of hydrogen-bond donors (Lipinski definition) is 1. The average Bonchev–Trinajstić information content (AvgIpc) is 2.21. The molecule has 0 saturated heterocycles. The Bertz CT molecular complexity index is 355. The fraction of sp³-hybridized carbons (Fsp3) is 0.400. The molecule has 0 heterocycles. The van der Waals surface area contributed by atoms with Crippen molar-refractivity contribution >= 4 is 23.1 Å². The summed E-state index contributed by atoms with van der Waals surface area (Å²) in [7, 11) is 0. The Hall–Kier alpha value is -1.23. The lowest BCUT2D eigenvalue weighted by molar-refractivity contribution is -0.384. The predicted octanol–water partition coefficient (Wildman–Crippen LogP) is 2.89. The van der Waals surface area contributed by atoms with E-state index in [0.717, 1.165) is 23.5 Å². The molecular formula is C10H14N2O2S. The van der Waals surface area contributed by atoms with E-state index in [1.54, 1.807) is 23.9 Å². The van der Waals surface area contributed by atoms with Gasteiger partial charge in [-0.2, -0.15) is 11.8 Å². The molecule has 0 amide bonds. The minimum absolute atomic E-state index is 0.153. The highest BCUT2D eigenvalue weighted by atomic mass is 32.2. The molecule has 0 aliphatic heterocycles. The number of non-ortho nitro benzene ring substituents is 1. The smallest absolute Gasteiger partial charge is 0.269 e. The van der Waals surface area contributed by atoms with Crippen LogP contribution in [-0.4, -0.2) is 17.7 Å². The van der Waals surface area contributed by atoms with Gasteiger partial charge in [-0.1, -0.05) is 0 Å². The summed E-state index contributed by atoms with van der Waals surface area (Å²) >= 11 is 1.65. The highest BCUT2D eigenvalue weighted by Gasteiger charge is 2.09. The molecule has 0 aromatic heterocycles. The van der Waals surface area contributed by atoms with Crippen LogP contribution in [0.2, 0.25) is 0 Å². The molecule has 0 aliphatic rings. The third-order valence-electron chi connectivity index (χ3n) is 1.97. The van der Waals surface area contributed by atoms with Gasteiger partial charge in [0, 0.05) is 30.1 Å². The van der Waals surface area contributed by atoms with Gasteiger partial charge in [0.25, 0.3) is 5.69 Å². The summed E-state index contributed by atoms with van der Waals surface area (Å²) in [5.41, 5.74) is 2.12. The van der Waals surface area contributed by atoms with Gasteiger partial charge in [0.1, 0.15) is 0 Å². The number of hydrogen-bond acceptors (Lipinski definition) is 4. The number of benzene rings is 1. The Kier molecular flexibility index (Phi) is 4.42. The summed E-state index contributed by atoms with van der Waals surface area (Å²) in [6.07, 6.45) is 1.98. The number of anilines is 1. The summed E-state index contributed by atoms with van der Waals surface area (Å²) in [6.45, 7) is 2.82. The first-order valence-corrected chi connectivity index (χ1v) is 6.08. The number of nitrogens with zero attached hydrogens (tertiary/aromatic N) is 1. The van der Waals surface area contributed by atoms with Gasteiger partial charge in [0.2, 0.25) is 0 Å². The summed E-state index contributed by atoms with van der Waals surface area (Å²) in [6, 6.07) is 4.93. The number of rotatable bonds is 5. The first-order chi connectivity index (χ1) is 7.19. The van der Waals surface area contributed by atoms with Gasteiger partial charge in [0.15, 0.2) is 0 Å². The van der Waals surface area contributed by atoms with Crippen LogP contribution in [0.5, 0.6) is 0 Å². The first kappa shape index (κ1) is 11.8. The van der Waals surface area contributed by atoms with E-state index in [-0.39, 0.29) is 10.6 Å². The van der Waals surface area contributed by atoms with E-state index in [2.05, 4.69) is 5.32 Å². The van der Waals surface area contributed by atoms with Crippen molar-refractivity contribution in [3.05, 3.63) is 33.9 Å². The van der Waals surface area contributed by atoms with Crippen LogP contribution < -0.4 is 5.32 Å². The van der Waals surface area contributed by atoms with Crippen molar-refractivity contribution in [2.75, 3.05) is 18.1 Å². The highest BCUT2D eigenvalue weighted by molar-refractivity contribution is 7.97. The number of nitrogens with one attached hydrogen (secondary N) is 1. The first-order valence-electron chi connectivity index (χ1n) is 4.69. The molecule has 0 atom stereocenters. The van der Waals surface area contributed by atoms with Crippen molar-refractivity contribution < 1.29 is 4.92 Å². The van der Waals surface area contributed by atoms with Crippen LogP contribution in [0.3, 0.4) is 0 Å². The van der Waals surface area contributed by atoms with Crippen LogP contribution in [0.15, 0.2) is 18.2 Å². The molecule has 5 heteroatoms. The Morgan fingerprint density at radius 2 is 2.27 bits per heavy atom. The van der Waals surface area contributed by atoms with E-state index >= 15 is 0 Å². The normalized spacial score (nSPS) is 10.0. The third kappa shape index (κ3) is 3.13. The van der Waals surface area contributed by atoms with Crippen molar-refractivity contribution in [3.8, 4) is 0 Å². The van der Waals surface area contributed by atoms with Gasteiger partial charge in [-0.25, -0.2) is 0 Å². The van der Waals surface area contributed by atoms with Crippen LogP contribution in [0, 0.1) is 10.1 Å². The monoisotopic (exact) mass is 226 g/mol. The predicted molar refractivity (Wildman–Crippen MR) is 64.5 cm³/mol. The highest BCUT2D eigenvalue weighted by Crippen LogP contribution is 2.25. The number of nitro benzene ring substituents is 1. The van der Waals surface area contributed by atoms with Gasteiger partial charge >= 0.3 is 0 Å². The summed E-state index contributed by atoms with van der Waals surface area (Å²) in [5, 5.41) is 13.8. The lowest BCUT2D eigenvalue weighted by Crippen LogP contribution is -2.01. The lowest BCUT2D eigenvalue weighted by atomic mass is 10.2. The van der Waals surface area contributed by atoms with Gasteiger partial charge < -0.3 is 5.32 Å². The second kappa shape index (κ2) is 5.60. The SMILES string of the molecule is CCNc1ccc([N+](=O)[O-])cc1CSC. The molecule has 0 aliphatic carbocycles. The zero-order chi connectivity index (χ0) is 11.3. The molecule has 0 bridgehead atoms. The van der Waals surface area contributed by atoms with Crippen LogP contribution in [0.1, 0.15) is 12.5 Å². The minimum Gasteiger partial charge on any atom is -0.385 e. The average molecular weight is 226 g/mol. The summed E-state index contributed by atoms with van der Waals surface area (Å²) < 4.78 is 0. The second-order valence-electron chi connectivity index (χ2n) is 3.06. The lowest BCUT2D eigenvalue weighted by Gasteiger charge is -2.09. The van der Waals surface area contributed by atoms with Crippen molar-refractivity contribution in [1.29, 1.82) is 0 Å². The van der Waals surface area contributed by atoms with Crippen LogP contribution in [0.4, 0.5) is 11.4 Å². The molecular weight excluding hydrogens is 212 g/mol. The molecule has 15 heavy (non-hydrogen) atoms. The second-order valence-corrected chi connectivity index (χ2v) is 3.93. The van der Waals surface area contributed by atoms with E-state index < -0.39 is 0 Å². The topological polar surface area (TPSA) is 55.2 Å². The van der Waals surface area contributed by atoms with Crippen LogP contribution in [0.25, 0.3) is 0 Å². The standard InChI is InChI=1S/C10H14N2O2S/c1-3-11-10-5-4-9(12(13)14)6-8(10)7-15-2/h4-6,11H,3,7H2,1-2H3. The quantitative estimate of drug-likeness (QED) is 0.619. The van der Waals surface area contributed by atoms with E-state index in [0.29, 0.717) is 0 Å². The fourth-order valence-electron chi connectivity index (χ4n) is 1.33. The van der Waals surface area contributed by atoms with Crippen LogP contribution in [-0.2, 0) is 5.75 Å². The van der Waals surface area contributed by atoms with Crippen LogP contribution >= 0.6 is 11.8 Å². The van der Waals surface area contributed by atoms with Gasteiger partial charge in [-0.3, -0.25) is 10.1 Å². The van der Waals surface area contributed by atoms with E-state index in [1.807, 2.05) is 13.2 Å². The number of nitro groups is 1. The molecule has 1 aromatic rings. The van der Waals surface area contributed by atoms with E-state index in [9.17, 15) is 10.1 Å². The Labute approximate surface area is 93.2 Å². The largest absolute Gasteiger partial charge is 0.385 e. The van der Waals surface area contributed by atoms with E-state index in [1.165, 1.54) is 6.07 Å². The van der Waals surface area contributed by atoms with Crippen molar-refractivity contribution in [2.24, 2.45) is 0 Å². The van der Waals surface area contributed by atoms with Gasteiger partial charge in [0.05, 0.1) is 4.92 Å². The van der Waals surface area contributed by atoms with Crippen molar-refractivity contribution in [1.82, 2.24) is 0 Å². The Morgan fingerprint density at radius 3 is 2.80 bits per heavy atom. The van der Waals surface area contributed by atoms with Gasteiger partial charge in [-0.05, 0) is 24.8 Å². The maximum absolute atomic E-state index is 10.6. The zero-order valence-corrected chi connectivity index (χ0v) is 9.63. The molecule has 82 valence electrons. The summed E-state index contributed by atoms with van der Waals surface area (Å²) in [5.74, 6) is 0.782. The number of thioether (sulfide) groups is 1. The molecule has 1 rings (SSSR count). The maximum atomic E-state index is 10.6. The molecule has 0 saturated carbocycles. The molecule has 0 spiro atoms. The Balaban J connectivity index is 3.02. The zero-order valence-electron chi connectivity index (χ0n) is 8.82. The summed E-state index contributed by atoms with van der Waals surface area (Å²) in [4.78, 5) is 10.2. The molecule has 4 nitrogen and oxygen atoms in total. The van der Waals surface area contributed by atoms with Crippen molar-refractivity contribution in [3.63, 3.8) is 0 Å². The Morgan fingerprint density at radius 1 is 1.53 bits per heavy atom. The molecule has 0 radical (unpaired) electrons. The molecule has 0 fully saturated rings. The minimum atomic E-state index is -0.362. The molecule has 1 aromatic carbocycles.